The van der Waals surface area contributed by atoms with Gasteiger partial charge in [-0.25, -0.2) is 9.36 Å². The molecule has 0 saturated carbocycles. The molecular formula is C21H15ClN4O4. The zero-order valence-electron chi connectivity index (χ0n) is 15.7. The van der Waals surface area contributed by atoms with Crippen LogP contribution in [0.4, 0.5) is 5.69 Å². The number of aromatic amines is 1. The summed E-state index contributed by atoms with van der Waals surface area (Å²) in [4.78, 5) is 39.7. The normalized spacial score (nSPS) is 15.0. The van der Waals surface area contributed by atoms with E-state index in [-0.39, 0.29) is 16.8 Å². The molecule has 0 spiro atoms. The molecule has 9 heteroatoms. The Balaban J connectivity index is 1.84. The van der Waals surface area contributed by atoms with Gasteiger partial charge in [-0.15, -0.1) is 0 Å². The van der Waals surface area contributed by atoms with E-state index in [1.807, 2.05) is 6.07 Å². The molecule has 0 bridgehead atoms. The Morgan fingerprint density at radius 1 is 1.03 bits per heavy atom. The van der Waals surface area contributed by atoms with E-state index < -0.39 is 23.0 Å². The van der Waals surface area contributed by atoms with Crippen LogP contribution in [0, 0.1) is 0 Å². The fourth-order valence-electron chi connectivity index (χ4n) is 3.10. The highest BCUT2D eigenvalue weighted by molar-refractivity contribution is 6.32. The SMILES string of the molecule is CC1=NN(c2ccccc2)C(=O)/C1=C\c1c(O)n(-c2cccc(Cl)c2)c(=O)[nH]c1=O. The molecular weight excluding hydrogens is 408 g/mol. The summed E-state index contributed by atoms with van der Waals surface area (Å²) in [6.45, 7) is 1.62. The zero-order valence-corrected chi connectivity index (χ0v) is 16.4. The Morgan fingerprint density at radius 3 is 2.43 bits per heavy atom. The second-order valence-corrected chi connectivity index (χ2v) is 6.94. The van der Waals surface area contributed by atoms with Crippen LogP contribution in [0.5, 0.6) is 5.88 Å². The van der Waals surface area contributed by atoms with E-state index in [0.29, 0.717) is 16.4 Å². The van der Waals surface area contributed by atoms with Crippen LogP contribution in [0.25, 0.3) is 11.8 Å². The first-order valence-electron chi connectivity index (χ1n) is 8.88. The summed E-state index contributed by atoms with van der Waals surface area (Å²) in [5.74, 6) is -1.07. The van der Waals surface area contributed by atoms with Crippen LogP contribution < -0.4 is 16.3 Å². The maximum atomic E-state index is 12.9. The van der Waals surface area contributed by atoms with Gasteiger partial charge in [-0.2, -0.15) is 10.1 Å². The van der Waals surface area contributed by atoms with Crippen molar-refractivity contribution in [2.24, 2.45) is 5.10 Å². The van der Waals surface area contributed by atoms with Gasteiger partial charge in [0.15, 0.2) is 0 Å². The molecule has 0 fully saturated rings. The fourth-order valence-corrected chi connectivity index (χ4v) is 3.28. The number of hydrogen-bond acceptors (Lipinski definition) is 5. The third kappa shape index (κ3) is 3.33. The summed E-state index contributed by atoms with van der Waals surface area (Å²) in [5, 5.41) is 16.5. The molecule has 4 rings (SSSR count). The van der Waals surface area contributed by atoms with Crippen molar-refractivity contribution in [1.29, 1.82) is 0 Å². The van der Waals surface area contributed by atoms with E-state index in [1.54, 1.807) is 49.4 Å². The van der Waals surface area contributed by atoms with Crippen LogP contribution in [-0.4, -0.2) is 26.3 Å². The number of rotatable bonds is 3. The first-order chi connectivity index (χ1) is 14.4. The second-order valence-electron chi connectivity index (χ2n) is 6.51. The maximum absolute atomic E-state index is 12.9. The van der Waals surface area contributed by atoms with Gasteiger partial charge in [0.2, 0.25) is 5.88 Å². The summed E-state index contributed by atoms with van der Waals surface area (Å²) in [6, 6.07) is 15.0. The molecule has 2 N–H and O–H groups in total. The topological polar surface area (TPSA) is 108 Å². The summed E-state index contributed by atoms with van der Waals surface area (Å²) in [6.07, 6.45) is 1.22. The first kappa shape index (κ1) is 19.4. The van der Waals surface area contributed by atoms with E-state index in [4.69, 9.17) is 11.6 Å². The van der Waals surface area contributed by atoms with Crippen molar-refractivity contribution in [3.8, 4) is 11.6 Å². The predicted octanol–water partition coefficient (Wildman–Crippen LogP) is 2.69. The lowest BCUT2D eigenvalue weighted by atomic mass is 10.1. The number of nitrogens with one attached hydrogen (secondary N) is 1. The molecule has 0 saturated heterocycles. The maximum Gasteiger partial charge on any atom is 0.335 e. The number of H-pyrrole nitrogens is 1. The molecule has 1 amide bonds. The van der Waals surface area contributed by atoms with Crippen molar-refractivity contribution in [3.63, 3.8) is 0 Å². The van der Waals surface area contributed by atoms with E-state index in [9.17, 15) is 19.5 Å². The molecule has 0 radical (unpaired) electrons. The number of halogens is 1. The van der Waals surface area contributed by atoms with E-state index >= 15 is 0 Å². The number of aromatic nitrogens is 2. The highest BCUT2D eigenvalue weighted by Gasteiger charge is 2.29. The Bertz CT molecular complexity index is 1340. The number of para-hydroxylation sites is 1. The molecule has 0 atom stereocenters. The highest BCUT2D eigenvalue weighted by Crippen LogP contribution is 2.26. The fraction of sp³-hybridized carbons (Fsp3) is 0.0476. The van der Waals surface area contributed by atoms with Crippen molar-refractivity contribution in [2.45, 2.75) is 6.92 Å². The van der Waals surface area contributed by atoms with Crippen LogP contribution in [0.15, 0.2) is 74.9 Å². The van der Waals surface area contributed by atoms with Crippen LogP contribution in [-0.2, 0) is 4.79 Å². The average Bonchev–Trinajstić information content (AvgIpc) is 2.99. The molecule has 150 valence electrons. The lowest BCUT2D eigenvalue weighted by Gasteiger charge is -2.12. The van der Waals surface area contributed by atoms with E-state index in [2.05, 4.69) is 10.1 Å². The number of amides is 1. The number of carbonyl (C=O) groups is 1. The molecule has 0 aliphatic carbocycles. The van der Waals surface area contributed by atoms with Crippen LogP contribution in [0.2, 0.25) is 5.02 Å². The molecule has 1 aromatic heterocycles. The lowest BCUT2D eigenvalue weighted by molar-refractivity contribution is -0.114. The number of hydrogen-bond donors (Lipinski definition) is 2. The van der Waals surface area contributed by atoms with Crippen LogP contribution in [0.1, 0.15) is 12.5 Å². The highest BCUT2D eigenvalue weighted by atomic mass is 35.5. The quantitative estimate of drug-likeness (QED) is 0.632. The van der Waals surface area contributed by atoms with Gasteiger partial charge in [0.25, 0.3) is 11.5 Å². The molecule has 1 aliphatic heterocycles. The number of carbonyl (C=O) groups excluding carboxylic acids is 1. The minimum absolute atomic E-state index is 0.121. The minimum atomic E-state index is -0.837. The van der Waals surface area contributed by atoms with Crippen molar-refractivity contribution in [1.82, 2.24) is 9.55 Å². The van der Waals surface area contributed by atoms with Gasteiger partial charge in [-0.05, 0) is 43.3 Å². The van der Waals surface area contributed by atoms with Gasteiger partial charge in [0.1, 0.15) is 5.56 Å². The minimum Gasteiger partial charge on any atom is -0.494 e. The number of nitrogens with zero attached hydrogens (tertiary/aromatic N) is 3. The number of hydrazone groups is 1. The van der Waals surface area contributed by atoms with Crippen molar-refractivity contribution in [2.75, 3.05) is 5.01 Å². The van der Waals surface area contributed by atoms with Crippen LogP contribution >= 0.6 is 11.6 Å². The Hall–Kier alpha value is -3.91. The van der Waals surface area contributed by atoms with Gasteiger partial charge in [0, 0.05) is 5.02 Å². The third-order valence-electron chi connectivity index (χ3n) is 4.54. The van der Waals surface area contributed by atoms with E-state index in [0.717, 1.165) is 4.57 Å². The standard InChI is InChI=1S/C21H15ClN4O4/c1-12-16(20(29)26(24-12)14-7-3-2-4-8-14)11-17-18(27)23-21(30)25(19(17)28)15-9-5-6-13(22)10-15/h2-11,28H,1H3,(H,23,27,30)/b16-11-. The summed E-state index contributed by atoms with van der Waals surface area (Å²) >= 11 is 5.97. The Labute approximate surface area is 175 Å². The van der Waals surface area contributed by atoms with E-state index in [1.165, 1.54) is 17.2 Å². The van der Waals surface area contributed by atoms with Gasteiger partial charge in [-0.1, -0.05) is 35.9 Å². The largest absolute Gasteiger partial charge is 0.494 e. The van der Waals surface area contributed by atoms with Crippen molar-refractivity contribution < 1.29 is 9.90 Å². The third-order valence-corrected chi connectivity index (χ3v) is 4.77. The number of aromatic hydroxyl groups is 1. The number of anilines is 1. The lowest BCUT2D eigenvalue weighted by Crippen LogP contribution is -2.30. The molecule has 0 unspecified atom stereocenters. The van der Waals surface area contributed by atoms with Gasteiger partial charge in [-0.3, -0.25) is 14.6 Å². The Morgan fingerprint density at radius 2 is 1.73 bits per heavy atom. The number of benzene rings is 2. The summed E-state index contributed by atoms with van der Waals surface area (Å²) in [5.41, 5.74) is -0.610. The molecule has 30 heavy (non-hydrogen) atoms. The summed E-state index contributed by atoms with van der Waals surface area (Å²) < 4.78 is 0.903. The molecule has 8 nitrogen and oxygen atoms in total. The average molecular weight is 423 g/mol. The zero-order chi connectivity index (χ0) is 21.4. The second kappa shape index (κ2) is 7.49. The van der Waals surface area contributed by atoms with Gasteiger partial charge < -0.3 is 5.11 Å². The van der Waals surface area contributed by atoms with Crippen molar-refractivity contribution >= 4 is 35.0 Å². The molecule has 2 heterocycles. The first-order valence-corrected chi connectivity index (χ1v) is 9.25. The summed E-state index contributed by atoms with van der Waals surface area (Å²) in [7, 11) is 0. The van der Waals surface area contributed by atoms with Crippen LogP contribution in [0.3, 0.4) is 0 Å². The smallest absolute Gasteiger partial charge is 0.335 e. The monoisotopic (exact) mass is 422 g/mol. The predicted molar refractivity (Wildman–Crippen MR) is 114 cm³/mol. The molecule has 3 aromatic rings. The Kier molecular flexibility index (Phi) is 4.85. The molecule has 1 aliphatic rings. The van der Waals surface area contributed by atoms with Gasteiger partial charge in [0.05, 0.1) is 22.7 Å². The van der Waals surface area contributed by atoms with Gasteiger partial charge >= 0.3 is 5.69 Å². The van der Waals surface area contributed by atoms with Crippen molar-refractivity contribution in [3.05, 3.63) is 91.6 Å². The molecule has 2 aromatic carbocycles.